The van der Waals surface area contributed by atoms with Crippen molar-refractivity contribution in [2.75, 3.05) is 26.3 Å². The van der Waals surface area contributed by atoms with Crippen LogP contribution in [0.15, 0.2) is 29.2 Å². The molecular formula is C17H20N2O5S2. The average molecular weight is 396 g/mol. The van der Waals surface area contributed by atoms with Crippen LogP contribution in [-0.4, -0.2) is 50.0 Å². The second kappa shape index (κ2) is 7.83. The standard InChI is InChI=1S/C17H20N2O5S2/c1-12-16(25-13(2)18-12)17(20)24-11-14-4-3-5-15(10-14)26(21,22)19-6-8-23-9-7-19/h3-5,10H,6-9,11H2,1-2H3. The number of aryl methyl sites for hydroxylation is 2. The smallest absolute Gasteiger partial charge is 0.350 e. The van der Waals surface area contributed by atoms with E-state index in [0.29, 0.717) is 42.4 Å². The Bertz CT molecular complexity index is 902. The van der Waals surface area contributed by atoms with Gasteiger partial charge in [0.05, 0.1) is 28.8 Å². The number of aromatic nitrogens is 1. The van der Waals surface area contributed by atoms with Crippen LogP contribution in [0.5, 0.6) is 0 Å². The fourth-order valence-corrected chi connectivity index (χ4v) is 4.96. The van der Waals surface area contributed by atoms with Crippen LogP contribution in [0.4, 0.5) is 0 Å². The third kappa shape index (κ3) is 4.12. The number of sulfonamides is 1. The Balaban J connectivity index is 1.71. The van der Waals surface area contributed by atoms with Gasteiger partial charge in [0.15, 0.2) is 0 Å². The number of carbonyl (C=O) groups is 1. The number of benzene rings is 1. The van der Waals surface area contributed by atoms with Crippen LogP contribution in [0.25, 0.3) is 0 Å². The molecule has 0 spiro atoms. The maximum atomic E-state index is 12.7. The van der Waals surface area contributed by atoms with Gasteiger partial charge in [0.2, 0.25) is 10.0 Å². The van der Waals surface area contributed by atoms with Crippen LogP contribution in [0, 0.1) is 13.8 Å². The number of carbonyl (C=O) groups excluding carboxylic acids is 1. The summed E-state index contributed by atoms with van der Waals surface area (Å²) in [5.74, 6) is -0.450. The minimum atomic E-state index is -3.57. The number of hydrogen-bond donors (Lipinski definition) is 0. The van der Waals surface area contributed by atoms with Crippen molar-refractivity contribution in [3.8, 4) is 0 Å². The average Bonchev–Trinajstić information content (AvgIpc) is 2.99. The summed E-state index contributed by atoms with van der Waals surface area (Å²) in [6.45, 7) is 5.05. The van der Waals surface area contributed by atoms with Gasteiger partial charge in [-0.2, -0.15) is 4.31 Å². The second-order valence-electron chi connectivity index (χ2n) is 5.89. The molecule has 0 N–H and O–H groups in total. The first-order valence-corrected chi connectivity index (χ1v) is 10.4. The molecule has 1 fully saturated rings. The van der Waals surface area contributed by atoms with Crippen LogP contribution >= 0.6 is 11.3 Å². The van der Waals surface area contributed by atoms with E-state index < -0.39 is 16.0 Å². The van der Waals surface area contributed by atoms with Crippen molar-refractivity contribution in [3.05, 3.63) is 45.4 Å². The van der Waals surface area contributed by atoms with Gasteiger partial charge >= 0.3 is 5.97 Å². The summed E-state index contributed by atoms with van der Waals surface area (Å²) in [6.07, 6.45) is 0. The monoisotopic (exact) mass is 396 g/mol. The van der Waals surface area contributed by atoms with Crippen molar-refractivity contribution >= 4 is 27.3 Å². The zero-order valence-electron chi connectivity index (χ0n) is 14.6. The molecule has 7 nitrogen and oxygen atoms in total. The van der Waals surface area contributed by atoms with Crippen LogP contribution in [0.1, 0.15) is 25.9 Å². The van der Waals surface area contributed by atoms with E-state index in [4.69, 9.17) is 9.47 Å². The van der Waals surface area contributed by atoms with Gasteiger partial charge in [0.25, 0.3) is 0 Å². The quantitative estimate of drug-likeness (QED) is 0.720. The summed E-state index contributed by atoms with van der Waals surface area (Å²) in [7, 11) is -3.57. The van der Waals surface area contributed by atoms with Gasteiger partial charge in [-0.15, -0.1) is 11.3 Å². The molecule has 0 unspecified atom stereocenters. The van der Waals surface area contributed by atoms with Gasteiger partial charge in [-0.1, -0.05) is 12.1 Å². The fourth-order valence-electron chi connectivity index (χ4n) is 2.67. The third-order valence-corrected chi connectivity index (χ3v) is 6.91. The van der Waals surface area contributed by atoms with Gasteiger partial charge in [-0.3, -0.25) is 0 Å². The highest BCUT2D eigenvalue weighted by Gasteiger charge is 2.26. The summed E-state index contributed by atoms with van der Waals surface area (Å²) >= 11 is 1.28. The molecule has 9 heteroatoms. The summed E-state index contributed by atoms with van der Waals surface area (Å²) in [5, 5.41) is 0.799. The summed E-state index contributed by atoms with van der Waals surface area (Å²) < 4.78 is 37.3. The highest BCUT2D eigenvalue weighted by Crippen LogP contribution is 2.21. The van der Waals surface area contributed by atoms with Gasteiger partial charge < -0.3 is 9.47 Å². The molecule has 26 heavy (non-hydrogen) atoms. The number of esters is 1. The van der Waals surface area contributed by atoms with Gasteiger partial charge in [0, 0.05) is 13.1 Å². The lowest BCUT2D eigenvalue weighted by molar-refractivity contribution is 0.0477. The molecule has 1 saturated heterocycles. The SMILES string of the molecule is Cc1nc(C)c(C(=O)OCc2cccc(S(=O)(=O)N3CCOCC3)c2)s1. The van der Waals surface area contributed by atoms with E-state index >= 15 is 0 Å². The molecule has 1 aromatic heterocycles. The molecule has 0 amide bonds. The second-order valence-corrected chi connectivity index (χ2v) is 9.03. The predicted molar refractivity (Wildman–Crippen MR) is 96.7 cm³/mol. The van der Waals surface area contributed by atoms with Crippen molar-refractivity contribution in [2.45, 2.75) is 25.3 Å². The predicted octanol–water partition coefficient (Wildman–Crippen LogP) is 2.14. The van der Waals surface area contributed by atoms with Crippen molar-refractivity contribution in [3.63, 3.8) is 0 Å². The van der Waals surface area contributed by atoms with E-state index in [0.717, 1.165) is 5.01 Å². The van der Waals surface area contributed by atoms with E-state index in [1.807, 2.05) is 6.92 Å². The highest BCUT2D eigenvalue weighted by atomic mass is 32.2. The van der Waals surface area contributed by atoms with E-state index in [1.165, 1.54) is 15.6 Å². The van der Waals surface area contributed by atoms with Gasteiger partial charge in [-0.05, 0) is 31.5 Å². The number of rotatable bonds is 5. The molecular weight excluding hydrogens is 376 g/mol. The lowest BCUT2D eigenvalue weighted by Crippen LogP contribution is -2.40. The van der Waals surface area contributed by atoms with Crippen LogP contribution in [-0.2, 0) is 26.1 Å². The third-order valence-electron chi connectivity index (χ3n) is 3.97. The van der Waals surface area contributed by atoms with Crippen LogP contribution < -0.4 is 0 Å². The summed E-state index contributed by atoms with van der Waals surface area (Å²) in [6, 6.07) is 6.48. The minimum Gasteiger partial charge on any atom is -0.457 e. The van der Waals surface area contributed by atoms with E-state index in [9.17, 15) is 13.2 Å². The minimum absolute atomic E-state index is 0.00168. The molecule has 1 aliphatic rings. The lowest BCUT2D eigenvalue weighted by atomic mass is 10.2. The molecule has 0 saturated carbocycles. The Labute approximate surface area is 156 Å². The number of ether oxygens (including phenoxy) is 2. The summed E-state index contributed by atoms with van der Waals surface area (Å²) in [4.78, 5) is 17.1. The topological polar surface area (TPSA) is 85.8 Å². The molecule has 0 atom stereocenters. The number of hydrogen-bond acceptors (Lipinski definition) is 7. The Hall–Kier alpha value is -1.81. The number of nitrogens with zero attached hydrogens (tertiary/aromatic N) is 2. The maximum Gasteiger partial charge on any atom is 0.350 e. The molecule has 0 bridgehead atoms. The van der Waals surface area contributed by atoms with Crippen LogP contribution in [0.2, 0.25) is 0 Å². The first-order chi connectivity index (χ1) is 12.4. The van der Waals surface area contributed by atoms with E-state index in [2.05, 4.69) is 4.98 Å². The van der Waals surface area contributed by atoms with Gasteiger partial charge in [0.1, 0.15) is 11.5 Å². The summed E-state index contributed by atoms with van der Waals surface area (Å²) in [5.41, 5.74) is 1.26. The molecule has 140 valence electrons. The van der Waals surface area contributed by atoms with E-state index in [-0.39, 0.29) is 11.5 Å². The Morgan fingerprint density at radius 2 is 2.04 bits per heavy atom. The van der Waals surface area contributed by atoms with Crippen molar-refractivity contribution in [2.24, 2.45) is 0 Å². The molecule has 1 aromatic carbocycles. The maximum absolute atomic E-state index is 12.7. The Morgan fingerprint density at radius 1 is 1.31 bits per heavy atom. The normalized spacial score (nSPS) is 15.8. The van der Waals surface area contributed by atoms with Crippen LogP contribution in [0.3, 0.4) is 0 Å². The fraction of sp³-hybridized carbons (Fsp3) is 0.412. The Morgan fingerprint density at radius 3 is 2.69 bits per heavy atom. The zero-order chi connectivity index (χ0) is 18.7. The number of thiazole rings is 1. The van der Waals surface area contributed by atoms with Crippen molar-refractivity contribution in [1.82, 2.24) is 9.29 Å². The first kappa shape index (κ1) is 19.0. The number of morpholine rings is 1. The van der Waals surface area contributed by atoms with E-state index in [1.54, 1.807) is 31.2 Å². The van der Waals surface area contributed by atoms with Gasteiger partial charge in [-0.25, -0.2) is 18.2 Å². The molecule has 1 aliphatic heterocycles. The highest BCUT2D eigenvalue weighted by molar-refractivity contribution is 7.89. The lowest BCUT2D eigenvalue weighted by Gasteiger charge is -2.26. The molecule has 0 aliphatic carbocycles. The Kier molecular flexibility index (Phi) is 5.71. The van der Waals surface area contributed by atoms with Crippen molar-refractivity contribution < 1.29 is 22.7 Å². The largest absolute Gasteiger partial charge is 0.457 e. The zero-order valence-corrected chi connectivity index (χ0v) is 16.2. The van der Waals surface area contributed by atoms with Crippen molar-refractivity contribution in [1.29, 1.82) is 0 Å². The first-order valence-electron chi connectivity index (χ1n) is 8.16. The molecule has 3 rings (SSSR count). The molecule has 2 heterocycles. The molecule has 2 aromatic rings. The molecule has 0 radical (unpaired) electrons.